The average Bonchev–Trinajstić information content (AvgIpc) is 3.52. The second kappa shape index (κ2) is 18.4. The molecule has 5 heterocycles. The third kappa shape index (κ3) is 10.6. The van der Waals surface area contributed by atoms with Crippen LogP contribution < -0.4 is 20.4 Å². The predicted molar refractivity (Wildman–Crippen MR) is 248 cm³/mol. The molecule has 3 aromatic heterocycles. The van der Waals surface area contributed by atoms with Crippen molar-refractivity contribution in [2.75, 3.05) is 59.1 Å². The van der Waals surface area contributed by atoms with Crippen LogP contribution in [-0.2, 0) is 19.5 Å². The summed E-state index contributed by atoms with van der Waals surface area (Å²) in [6.07, 6.45) is 7.25. The van der Waals surface area contributed by atoms with Gasteiger partial charge in [0, 0.05) is 125 Å². The van der Waals surface area contributed by atoms with Crippen molar-refractivity contribution in [1.29, 1.82) is 9.56 Å². The van der Waals surface area contributed by atoms with E-state index in [1.807, 2.05) is 0 Å². The van der Waals surface area contributed by atoms with Gasteiger partial charge in [0.25, 0.3) is 17.7 Å². The van der Waals surface area contributed by atoms with Crippen LogP contribution in [0.5, 0.6) is 0 Å². The summed E-state index contributed by atoms with van der Waals surface area (Å²) in [6.45, 7) is 3.33. The predicted octanol–water partition coefficient (Wildman–Crippen LogP) is 10.1. The zero-order valence-corrected chi connectivity index (χ0v) is 39.2. The number of benzene rings is 2. The van der Waals surface area contributed by atoms with E-state index >= 15 is 8.78 Å². The number of carbonyl (C=O) groups is 2. The molecule has 0 radical (unpaired) electrons. The Kier molecular flexibility index (Phi) is 13.5. The number of hydrogen-bond acceptors (Lipinski definition) is 11. The number of nitrogens with one attached hydrogen (secondary N) is 4. The second-order valence-electron chi connectivity index (χ2n) is 16.6. The first-order chi connectivity index (χ1) is 30.5. The molecule has 2 amide bonds. The molecule has 65 heavy (non-hydrogen) atoms. The minimum atomic E-state index is -3.52. The molecule has 0 bridgehead atoms. The summed E-state index contributed by atoms with van der Waals surface area (Å²) < 4.78 is 105. The van der Waals surface area contributed by atoms with Crippen LogP contribution >= 0.6 is 15.9 Å². The molecule has 2 saturated heterocycles. The monoisotopic (exact) mass is 997 g/mol. The van der Waals surface area contributed by atoms with Crippen LogP contribution in [0.2, 0.25) is 0 Å². The normalized spacial score (nSPS) is 19.2. The molecule has 0 spiro atoms. The van der Waals surface area contributed by atoms with E-state index in [9.17, 15) is 26.8 Å². The van der Waals surface area contributed by atoms with Crippen LogP contribution in [0.3, 0.4) is 0 Å². The molecule has 344 valence electrons. The maximum atomic E-state index is 16.6. The van der Waals surface area contributed by atoms with Crippen LogP contribution in [0.4, 0.5) is 40.6 Å². The van der Waals surface area contributed by atoms with Gasteiger partial charge in [-0.2, -0.15) is 0 Å². The van der Waals surface area contributed by atoms with Gasteiger partial charge >= 0.3 is 0 Å². The highest BCUT2D eigenvalue weighted by molar-refractivity contribution is 9.10. The molecular weight excluding hydrogens is 951 g/mol. The molecule has 3 atom stereocenters. The first kappa shape index (κ1) is 47.5. The summed E-state index contributed by atoms with van der Waals surface area (Å²) in [4.78, 5) is 45.2. The van der Waals surface area contributed by atoms with Crippen molar-refractivity contribution in [3.8, 4) is 11.1 Å². The largest absolute Gasteiger partial charge is 0.356 e. The zero-order valence-electron chi connectivity index (χ0n) is 36.0. The molecular formula is C45H48BrF4N9O4S2. The Labute approximate surface area is 383 Å². The molecule has 2 aliphatic rings. The van der Waals surface area contributed by atoms with E-state index in [0.717, 1.165) is 6.26 Å². The highest BCUT2D eigenvalue weighted by Gasteiger charge is 2.44. The average molecular weight is 999 g/mol. The first-order valence-corrected chi connectivity index (χ1v) is 25.4. The van der Waals surface area contributed by atoms with E-state index in [4.69, 9.17) is 14.5 Å². The Bertz CT molecular complexity index is 2890. The number of pyridine rings is 3. The number of halogens is 5. The van der Waals surface area contributed by atoms with Crippen molar-refractivity contribution < 1.29 is 35.6 Å². The van der Waals surface area contributed by atoms with Gasteiger partial charge in [-0.1, -0.05) is 12.1 Å². The van der Waals surface area contributed by atoms with Gasteiger partial charge in [-0.15, -0.1) is 0 Å². The summed E-state index contributed by atoms with van der Waals surface area (Å²) in [6, 6.07) is 13.6. The minimum Gasteiger partial charge on any atom is -0.356 e. The third-order valence-corrected chi connectivity index (χ3v) is 14.9. The molecule has 0 aliphatic carbocycles. The van der Waals surface area contributed by atoms with E-state index in [-0.39, 0.29) is 94.9 Å². The Balaban J connectivity index is 1.23. The van der Waals surface area contributed by atoms with Gasteiger partial charge in [0.05, 0.1) is 30.6 Å². The number of aromatic nitrogens is 3. The Morgan fingerprint density at radius 1 is 0.754 bits per heavy atom. The molecule has 20 heteroatoms. The van der Waals surface area contributed by atoms with Crippen LogP contribution in [-0.4, -0.2) is 85.7 Å². The summed E-state index contributed by atoms with van der Waals surface area (Å²) in [5.74, 6) is -8.73. The van der Waals surface area contributed by atoms with Crippen molar-refractivity contribution >= 4 is 70.2 Å². The van der Waals surface area contributed by atoms with Gasteiger partial charge in [-0.05, 0) is 102 Å². The lowest BCUT2D eigenvalue weighted by molar-refractivity contribution is -0.0304. The first-order valence-electron chi connectivity index (χ1n) is 20.7. The van der Waals surface area contributed by atoms with Gasteiger partial charge in [0.1, 0.15) is 11.6 Å². The van der Waals surface area contributed by atoms with Crippen molar-refractivity contribution in [2.24, 2.45) is 0 Å². The SMILES string of the molecule is Cc1c(Br)cnc(N2CCCC(F)(F)CC2)c1C(=O)Nc1cc(C2CCN(c3ncc(-c4cccnc4)c(C)c3C(=O)Nc3cccc(S(C)(=N)=O)c3)CCC2(F)F)cc(S(C)(=N)=O)c1. The van der Waals surface area contributed by atoms with E-state index in [1.165, 1.54) is 42.8 Å². The number of hydrogen-bond donors (Lipinski definition) is 4. The Morgan fingerprint density at radius 2 is 1.38 bits per heavy atom. The van der Waals surface area contributed by atoms with Gasteiger partial charge < -0.3 is 20.4 Å². The molecule has 2 fully saturated rings. The van der Waals surface area contributed by atoms with Gasteiger partial charge in [0.15, 0.2) is 0 Å². The maximum absolute atomic E-state index is 16.6. The van der Waals surface area contributed by atoms with E-state index in [0.29, 0.717) is 26.7 Å². The number of amides is 2. The molecule has 7 rings (SSSR count). The molecule has 13 nitrogen and oxygen atoms in total. The van der Waals surface area contributed by atoms with E-state index in [2.05, 4.69) is 36.5 Å². The van der Waals surface area contributed by atoms with Crippen LogP contribution in [0.15, 0.2) is 93.6 Å². The lowest BCUT2D eigenvalue weighted by Crippen LogP contribution is -2.30. The fourth-order valence-electron chi connectivity index (χ4n) is 8.28. The number of anilines is 4. The fraction of sp³-hybridized carbons (Fsp3) is 0.356. The summed E-state index contributed by atoms with van der Waals surface area (Å²) in [5, 5.41) is 5.59. The molecule has 2 aliphatic heterocycles. The van der Waals surface area contributed by atoms with Gasteiger partial charge in [0.2, 0.25) is 5.92 Å². The van der Waals surface area contributed by atoms with Crippen LogP contribution in [0.25, 0.3) is 11.1 Å². The second-order valence-corrected chi connectivity index (χ2v) is 21.8. The lowest BCUT2D eigenvalue weighted by atomic mass is 9.88. The number of alkyl halides is 4. The summed E-state index contributed by atoms with van der Waals surface area (Å²) >= 11 is 3.41. The molecule has 3 unspecified atom stereocenters. The number of carbonyl (C=O) groups excluding carboxylic acids is 2. The van der Waals surface area contributed by atoms with Crippen molar-refractivity contribution in [1.82, 2.24) is 15.0 Å². The smallest absolute Gasteiger partial charge is 0.259 e. The number of nitrogens with zero attached hydrogens (tertiary/aromatic N) is 5. The van der Waals surface area contributed by atoms with E-state index < -0.39 is 61.9 Å². The third-order valence-electron chi connectivity index (χ3n) is 11.8. The molecule has 2 aromatic carbocycles. The lowest BCUT2D eigenvalue weighted by Gasteiger charge is -2.26. The summed E-state index contributed by atoms with van der Waals surface area (Å²) in [7, 11) is -6.63. The highest BCUT2D eigenvalue weighted by Crippen LogP contribution is 2.44. The molecule has 0 saturated carbocycles. The van der Waals surface area contributed by atoms with E-state index in [1.54, 1.807) is 66.5 Å². The quantitative estimate of drug-likeness (QED) is 0.0989. The molecule has 4 N–H and O–H groups in total. The minimum absolute atomic E-state index is 0.00423. The Hall–Kier alpha value is -5.47. The highest BCUT2D eigenvalue weighted by atomic mass is 79.9. The van der Waals surface area contributed by atoms with Gasteiger partial charge in [-0.3, -0.25) is 14.6 Å². The van der Waals surface area contributed by atoms with Crippen molar-refractivity contribution in [2.45, 2.75) is 73.5 Å². The topological polar surface area (TPSA) is 185 Å². The standard InChI is InChI=1S/C45H48BrF4N9O4S2/c1-27-35(29-8-6-15-53-24-29)25-54-40(38(27)42(60)56-31-9-5-10-33(22-31)64(3,51)62)59-17-11-36(45(49,50)14-19-59)30-20-32(23-34(21-30)65(4,52)63)57-43(61)39-28(2)37(46)26-55-41(39)58-16-7-12-44(47,48)13-18-58/h5-6,8-10,15,20-26,36,51-52H,7,11-14,16-19H2,1-4H3,(H,56,60)(H,57,61). The summed E-state index contributed by atoms with van der Waals surface area (Å²) in [5.41, 5.74) is 2.71. The molecule has 5 aromatic rings. The maximum Gasteiger partial charge on any atom is 0.259 e. The Morgan fingerprint density at radius 3 is 2.06 bits per heavy atom. The van der Waals surface area contributed by atoms with Crippen molar-refractivity contribution in [3.63, 3.8) is 0 Å². The number of rotatable bonds is 10. The van der Waals surface area contributed by atoms with Crippen LogP contribution in [0.1, 0.15) is 75.4 Å². The zero-order chi connectivity index (χ0) is 47.1. The fourth-order valence-corrected chi connectivity index (χ4v) is 9.98. The van der Waals surface area contributed by atoms with Crippen molar-refractivity contribution in [3.05, 3.63) is 112 Å². The van der Waals surface area contributed by atoms with Gasteiger partial charge in [-0.25, -0.2) is 45.5 Å². The van der Waals surface area contributed by atoms with Crippen LogP contribution in [0, 0.1) is 23.4 Å².